The number of benzene rings is 2. The van der Waals surface area contributed by atoms with Gasteiger partial charge < -0.3 is 9.47 Å². The highest BCUT2D eigenvalue weighted by Gasteiger charge is 2.37. The van der Waals surface area contributed by atoms with Crippen molar-refractivity contribution in [2.24, 2.45) is 0 Å². The lowest BCUT2D eigenvalue weighted by molar-refractivity contribution is -0.274. The summed E-state index contributed by atoms with van der Waals surface area (Å²) in [7, 11) is -3.90. The molecule has 2 aromatic rings. The van der Waals surface area contributed by atoms with E-state index in [1.807, 2.05) is 18.2 Å². The Morgan fingerprint density at radius 1 is 1.06 bits per heavy atom. The van der Waals surface area contributed by atoms with Gasteiger partial charge in [0.2, 0.25) is 10.0 Å². The molecule has 32 heavy (non-hydrogen) atoms. The summed E-state index contributed by atoms with van der Waals surface area (Å²) in [6.45, 7) is 0.484. The number of nitrogens with zero attached hydrogens (tertiary/aromatic N) is 2. The van der Waals surface area contributed by atoms with Crippen molar-refractivity contribution in [3.05, 3.63) is 52.5 Å². The number of carbonyl (C=O) groups is 1. The number of halogens is 4. The van der Waals surface area contributed by atoms with Crippen molar-refractivity contribution in [1.82, 2.24) is 4.31 Å². The van der Waals surface area contributed by atoms with Crippen LogP contribution in [0.25, 0.3) is 0 Å². The van der Waals surface area contributed by atoms with Gasteiger partial charge in [-0.2, -0.15) is 4.31 Å². The maximum atomic E-state index is 12.9. The summed E-state index contributed by atoms with van der Waals surface area (Å²) >= 11 is 3.40. The minimum absolute atomic E-state index is 0.127. The number of rotatable bonds is 4. The fraction of sp³-hybridized carbons (Fsp3) is 0.350. The second kappa shape index (κ2) is 8.56. The first-order valence-electron chi connectivity index (χ1n) is 9.65. The van der Waals surface area contributed by atoms with E-state index in [0.29, 0.717) is 12.8 Å². The van der Waals surface area contributed by atoms with Crippen molar-refractivity contribution in [3.63, 3.8) is 0 Å². The number of anilines is 1. The Kier molecular flexibility index (Phi) is 6.12. The number of carbonyl (C=O) groups excluding carboxylic acids is 1. The second-order valence-corrected chi connectivity index (χ2v) is 10.2. The molecular weight excluding hydrogens is 517 g/mol. The van der Waals surface area contributed by atoms with Crippen LogP contribution in [-0.4, -0.2) is 44.3 Å². The average molecular weight is 535 g/mol. The molecule has 1 saturated heterocycles. The lowest BCUT2D eigenvalue weighted by Crippen LogP contribution is -2.50. The third-order valence-electron chi connectivity index (χ3n) is 5.33. The number of piperidine rings is 1. The van der Waals surface area contributed by atoms with Crippen molar-refractivity contribution >= 4 is 37.7 Å². The van der Waals surface area contributed by atoms with Gasteiger partial charge in [-0.15, -0.1) is 13.2 Å². The van der Waals surface area contributed by atoms with E-state index in [1.54, 1.807) is 4.90 Å². The van der Waals surface area contributed by atoms with Crippen molar-refractivity contribution in [2.45, 2.75) is 36.7 Å². The Morgan fingerprint density at radius 2 is 1.72 bits per heavy atom. The first-order chi connectivity index (χ1) is 15.0. The molecule has 12 heteroatoms. The first kappa shape index (κ1) is 22.9. The highest BCUT2D eigenvalue weighted by atomic mass is 79.9. The van der Waals surface area contributed by atoms with E-state index >= 15 is 0 Å². The van der Waals surface area contributed by atoms with Gasteiger partial charge >= 0.3 is 12.5 Å². The highest BCUT2D eigenvalue weighted by Crippen LogP contribution is 2.34. The first-order valence-corrected chi connectivity index (χ1v) is 11.9. The summed E-state index contributed by atoms with van der Waals surface area (Å²) in [6.07, 6.45) is -4.55. The third-order valence-corrected chi connectivity index (χ3v) is 7.74. The van der Waals surface area contributed by atoms with Crippen LogP contribution in [0.4, 0.5) is 23.7 Å². The van der Waals surface area contributed by atoms with Crippen LogP contribution in [0.15, 0.2) is 51.8 Å². The number of fused-ring (bicyclic) bond motifs is 1. The summed E-state index contributed by atoms with van der Waals surface area (Å²) in [4.78, 5) is 13.9. The van der Waals surface area contributed by atoms with E-state index in [9.17, 15) is 26.4 Å². The van der Waals surface area contributed by atoms with Gasteiger partial charge in [-0.05, 0) is 55.3 Å². The van der Waals surface area contributed by atoms with Crippen LogP contribution in [0.1, 0.15) is 18.4 Å². The van der Waals surface area contributed by atoms with E-state index in [-0.39, 0.29) is 30.6 Å². The summed E-state index contributed by atoms with van der Waals surface area (Å²) < 4.78 is 74.0. The molecule has 2 aliphatic heterocycles. The van der Waals surface area contributed by atoms with Gasteiger partial charge in [0, 0.05) is 29.2 Å². The number of hydrogen-bond acceptors (Lipinski definition) is 5. The SMILES string of the molecule is O=C1OCc2cc(Br)ccc2N1C1CCN(S(=O)(=O)c2ccc(OC(F)(F)F)cc2)CC1. The molecule has 0 unspecified atom stereocenters. The molecule has 0 spiro atoms. The molecule has 172 valence electrons. The molecule has 7 nitrogen and oxygen atoms in total. The zero-order chi connectivity index (χ0) is 23.1. The van der Waals surface area contributed by atoms with E-state index in [4.69, 9.17) is 4.74 Å². The van der Waals surface area contributed by atoms with Crippen LogP contribution in [0.3, 0.4) is 0 Å². The quantitative estimate of drug-likeness (QED) is 0.570. The highest BCUT2D eigenvalue weighted by molar-refractivity contribution is 9.10. The van der Waals surface area contributed by atoms with E-state index < -0.39 is 28.2 Å². The maximum Gasteiger partial charge on any atom is 0.573 e. The Morgan fingerprint density at radius 3 is 2.34 bits per heavy atom. The Labute approximate surface area is 190 Å². The fourth-order valence-electron chi connectivity index (χ4n) is 3.86. The summed E-state index contributed by atoms with van der Waals surface area (Å²) in [5, 5.41) is 0. The monoisotopic (exact) mass is 534 g/mol. The second-order valence-electron chi connectivity index (χ2n) is 7.35. The van der Waals surface area contributed by atoms with Gasteiger partial charge in [0.05, 0.1) is 10.6 Å². The fourth-order valence-corrected chi connectivity index (χ4v) is 5.74. The van der Waals surface area contributed by atoms with E-state index in [0.717, 1.165) is 40.0 Å². The molecule has 2 heterocycles. The Bertz CT molecular complexity index is 1120. The van der Waals surface area contributed by atoms with Crippen LogP contribution in [0.5, 0.6) is 5.75 Å². The topological polar surface area (TPSA) is 76.2 Å². The maximum absolute atomic E-state index is 12.9. The van der Waals surface area contributed by atoms with E-state index in [2.05, 4.69) is 20.7 Å². The van der Waals surface area contributed by atoms with Crippen molar-refractivity contribution in [3.8, 4) is 5.75 Å². The molecule has 0 aromatic heterocycles. The predicted octanol–water partition coefficient (Wildman–Crippen LogP) is 4.66. The number of amides is 1. The lowest BCUT2D eigenvalue weighted by atomic mass is 10.0. The molecule has 0 bridgehead atoms. The molecule has 0 saturated carbocycles. The molecular formula is C20H18BrF3N2O5S. The molecule has 0 aliphatic carbocycles. The molecule has 2 aromatic carbocycles. The van der Waals surface area contributed by atoms with Gasteiger partial charge in [0.25, 0.3) is 0 Å². The number of sulfonamides is 1. The van der Waals surface area contributed by atoms with E-state index in [1.165, 1.54) is 4.31 Å². The van der Waals surface area contributed by atoms with Gasteiger partial charge in [-0.1, -0.05) is 15.9 Å². The Hall–Kier alpha value is -2.31. The zero-order valence-electron chi connectivity index (χ0n) is 16.5. The van der Waals surface area contributed by atoms with Crippen LogP contribution in [0, 0.1) is 0 Å². The van der Waals surface area contributed by atoms with Crippen molar-refractivity contribution in [2.75, 3.05) is 18.0 Å². The molecule has 4 rings (SSSR count). The third kappa shape index (κ3) is 4.71. The molecule has 0 atom stereocenters. The Balaban J connectivity index is 1.46. The largest absolute Gasteiger partial charge is 0.573 e. The van der Waals surface area contributed by atoms with Crippen LogP contribution in [0.2, 0.25) is 0 Å². The zero-order valence-corrected chi connectivity index (χ0v) is 18.9. The number of alkyl halides is 3. The van der Waals surface area contributed by atoms with Gasteiger partial charge in [0.15, 0.2) is 0 Å². The smallest absolute Gasteiger partial charge is 0.444 e. The number of hydrogen-bond donors (Lipinski definition) is 0. The minimum atomic E-state index is -4.85. The predicted molar refractivity (Wildman–Crippen MR) is 112 cm³/mol. The lowest BCUT2D eigenvalue weighted by Gasteiger charge is -2.39. The average Bonchev–Trinajstić information content (AvgIpc) is 2.73. The number of ether oxygens (including phenoxy) is 2. The minimum Gasteiger partial charge on any atom is -0.444 e. The van der Waals surface area contributed by atoms with Crippen molar-refractivity contribution in [1.29, 1.82) is 0 Å². The van der Waals surface area contributed by atoms with Gasteiger partial charge in [-0.25, -0.2) is 13.2 Å². The van der Waals surface area contributed by atoms with Crippen LogP contribution in [-0.2, 0) is 21.4 Å². The number of cyclic esters (lactones) is 1. The molecule has 0 radical (unpaired) electrons. The van der Waals surface area contributed by atoms with Crippen LogP contribution < -0.4 is 9.64 Å². The van der Waals surface area contributed by atoms with Crippen molar-refractivity contribution < 1.29 is 35.9 Å². The molecule has 1 amide bonds. The summed E-state index contributed by atoms with van der Waals surface area (Å²) in [5.41, 5.74) is 1.60. The molecule has 1 fully saturated rings. The van der Waals surface area contributed by atoms with Gasteiger partial charge in [0.1, 0.15) is 12.4 Å². The summed E-state index contributed by atoms with van der Waals surface area (Å²) in [5.74, 6) is -0.496. The normalized spacial score (nSPS) is 18.2. The molecule has 2 aliphatic rings. The van der Waals surface area contributed by atoms with Crippen LogP contribution >= 0.6 is 15.9 Å². The summed E-state index contributed by atoms with van der Waals surface area (Å²) in [6, 6.07) is 9.39. The standard InChI is InChI=1S/C20H18BrF3N2O5S/c21-14-1-6-18-13(11-14)12-30-19(27)26(18)15-7-9-25(10-8-15)32(28,29)17-4-2-16(3-5-17)31-20(22,23)24/h1-6,11,15H,7-10,12H2. The molecule has 0 N–H and O–H groups in total. The van der Waals surface area contributed by atoms with Gasteiger partial charge in [-0.3, -0.25) is 4.90 Å².